The lowest BCUT2D eigenvalue weighted by Crippen LogP contribution is -2.38. The smallest absolute Gasteiger partial charge is 0.192 e. The molecule has 0 aromatic heterocycles. The van der Waals surface area contributed by atoms with Crippen LogP contribution in [0.2, 0.25) is 18.1 Å². The zero-order valence-corrected chi connectivity index (χ0v) is 13.1. The van der Waals surface area contributed by atoms with Gasteiger partial charge in [0.2, 0.25) is 0 Å². The first kappa shape index (κ1) is 15.2. The zero-order chi connectivity index (χ0) is 13.4. The lowest BCUT2D eigenvalue weighted by atomic mass is 10.2. The van der Waals surface area contributed by atoms with Gasteiger partial charge in [-0.2, -0.15) is 0 Å². The van der Waals surface area contributed by atoms with Gasteiger partial charge in [0.05, 0.1) is 6.10 Å². The van der Waals surface area contributed by atoms with Crippen molar-refractivity contribution in [3.8, 4) is 0 Å². The van der Waals surface area contributed by atoms with Crippen LogP contribution in [0, 0.1) is 0 Å². The highest BCUT2D eigenvalue weighted by Gasteiger charge is 2.29. The molecule has 1 atom stereocenters. The first-order valence-electron chi connectivity index (χ1n) is 7.07. The van der Waals surface area contributed by atoms with E-state index in [4.69, 9.17) is 4.43 Å². The van der Waals surface area contributed by atoms with Crippen LogP contribution in [0.1, 0.15) is 33.3 Å². The average molecular weight is 262 g/mol. The van der Waals surface area contributed by atoms with E-state index in [1.54, 1.807) is 0 Å². The van der Waals surface area contributed by atoms with Gasteiger partial charge < -0.3 is 4.43 Å². The van der Waals surface area contributed by atoms with Gasteiger partial charge in [-0.1, -0.05) is 63.3 Å². The Hall–Kier alpha value is -0.863. The van der Waals surface area contributed by atoms with E-state index in [2.05, 4.69) is 64.1 Å². The molecule has 18 heavy (non-hydrogen) atoms. The third-order valence-electron chi connectivity index (χ3n) is 3.73. The summed E-state index contributed by atoms with van der Waals surface area (Å²) >= 11 is 0. The summed E-state index contributed by atoms with van der Waals surface area (Å²) in [6.45, 7) is 8.97. The molecular weight excluding hydrogens is 236 g/mol. The second kappa shape index (κ2) is 7.55. The molecule has 100 valence electrons. The van der Waals surface area contributed by atoms with Crippen molar-refractivity contribution in [3.05, 3.63) is 42.0 Å². The summed E-state index contributed by atoms with van der Waals surface area (Å²) in [4.78, 5) is 0. The highest BCUT2D eigenvalue weighted by Crippen LogP contribution is 2.23. The minimum atomic E-state index is -1.47. The van der Waals surface area contributed by atoms with Gasteiger partial charge in [-0.15, -0.1) is 0 Å². The maximum atomic E-state index is 6.36. The molecule has 0 amide bonds. The SMILES string of the molecule is CC[Si](CC)(CC)O[C@@H](C)/C=C/c1ccccc1. The van der Waals surface area contributed by atoms with E-state index in [1.165, 1.54) is 23.7 Å². The van der Waals surface area contributed by atoms with Crippen molar-refractivity contribution in [3.63, 3.8) is 0 Å². The molecule has 0 fully saturated rings. The molecule has 2 heteroatoms. The van der Waals surface area contributed by atoms with Gasteiger partial charge >= 0.3 is 0 Å². The topological polar surface area (TPSA) is 9.23 Å². The van der Waals surface area contributed by atoms with Gasteiger partial charge in [-0.25, -0.2) is 0 Å². The molecule has 0 heterocycles. The maximum Gasteiger partial charge on any atom is 0.192 e. The van der Waals surface area contributed by atoms with E-state index in [1.807, 2.05) is 6.07 Å². The average Bonchev–Trinajstić information content (AvgIpc) is 2.44. The summed E-state index contributed by atoms with van der Waals surface area (Å²) < 4.78 is 6.36. The third kappa shape index (κ3) is 4.43. The second-order valence-corrected chi connectivity index (χ2v) is 9.56. The molecule has 0 radical (unpaired) electrons. The fraction of sp³-hybridized carbons (Fsp3) is 0.500. The van der Waals surface area contributed by atoms with Gasteiger partial charge in [-0.05, 0) is 30.6 Å². The largest absolute Gasteiger partial charge is 0.411 e. The predicted molar refractivity (Wildman–Crippen MR) is 83.2 cm³/mol. The molecule has 1 aromatic carbocycles. The Balaban J connectivity index is 2.60. The van der Waals surface area contributed by atoms with Crippen LogP contribution in [0.25, 0.3) is 6.08 Å². The van der Waals surface area contributed by atoms with E-state index in [-0.39, 0.29) is 6.10 Å². The van der Waals surface area contributed by atoms with Crippen molar-refractivity contribution in [2.75, 3.05) is 0 Å². The van der Waals surface area contributed by atoms with Crippen molar-refractivity contribution in [2.45, 2.75) is 51.9 Å². The Morgan fingerprint density at radius 2 is 1.61 bits per heavy atom. The Bertz CT molecular complexity index is 346. The molecule has 0 aliphatic rings. The number of hydrogen-bond acceptors (Lipinski definition) is 1. The van der Waals surface area contributed by atoms with Crippen LogP contribution < -0.4 is 0 Å². The van der Waals surface area contributed by atoms with E-state index in [0.717, 1.165) is 0 Å². The molecule has 0 aliphatic heterocycles. The molecule has 1 nitrogen and oxygen atoms in total. The molecule has 1 aromatic rings. The van der Waals surface area contributed by atoms with Crippen molar-refractivity contribution in [2.24, 2.45) is 0 Å². The first-order valence-corrected chi connectivity index (χ1v) is 9.59. The van der Waals surface area contributed by atoms with E-state index >= 15 is 0 Å². The van der Waals surface area contributed by atoms with Crippen LogP contribution in [0.4, 0.5) is 0 Å². The zero-order valence-electron chi connectivity index (χ0n) is 12.1. The predicted octanol–water partition coefficient (Wildman–Crippen LogP) is 5.11. The number of benzene rings is 1. The van der Waals surface area contributed by atoms with Crippen LogP contribution in [0.15, 0.2) is 36.4 Å². The van der Waals surface area contributed by atoms with Crippen molar-refractivity contribution in [1.29, 1.82) is 0 Å². The van der Waals surface area contributed by atoms with Crippen LogP contribution in [-0.2, 0) is 4.43 Å². The Morgan fingerprint density at radius 3 is 2.11 bits per heavy atom. The fourth-order valence-electron chi connectivity index (χ4n) is 2.24. The summed E-state index contributed by atoms with van der Waals surface area (Å²) in [7, 11) is -1.47. The highest BCUT2D eigenvalue weighted by molar-refractivity contribution is 6.73. The molecular formula is C16H26OSi. The molecule has 0 saturated carbocycles. The maximum absolute atomic E-state index is 6.36. The lowest BCUT2D eigenvalue weighted by Gasteiger charge is -2.30. The fourth-order valence-corrected chi connectivity index (χ4v) is 5.11. The third-order valence-corrected chi connectivity index (χ3v) is 8.47. The quantitative estimate of drug-likeness (QED) is 0.620. The standard InChI is InChI=1S/C16H26OSi/c1-5-18(6-2,7-3)17-15(4)13-14-16-11-9-8-10-12-16/h8-15H,5-7H2,1-4H3/b14-13+/t15-/m0/s1. The van der Waals surface area contributed by atoms with Crippen molar-refractivity contribution >= 4 is 14.4 Å². The molecule has 0 N–H and O–H groups in total. The monoisotopic (exact) mass is 262 g/mol. The van der Waals surface area contributed by atoms with Crippen LogP contribution >= 0.6 is 0 Å². The minimum Gasteiger partial charge on any atom is -0.411 e. The van der Waals surface area contributed by atoms with E-state index in [9.17, 15) is 0 Å². The van der Waals surface area contributed by atoms with Crippen molar-refractivity contribution in [1.82, 2.24) is 0 Å². The molecule has 0 bridgehead atoms. The minimum absolute atomic E-state index is 0.219. The molecule has 1 rings (SSSR count). The number of hydrogen-bond donors (Lipinski definition) is 0. The van der Waals surface area contributed by atoms with E-state index in [0.29, 0.717) is 0 Å². The van der Waals surface area contributed by atoms with Gasteiger partial charge in [0.1, 0.15) is 0 Å². The van der Waals surface area contributed by atoms with Gasteiger partial charge in [0.15, 0.2) is 8.32 Å². The molecule has 0 aliphatic carbocycles. The van der Waals surface area contributed by atoms with Gasteiger partial charge in [0.25, 0.3) is 0 Å². The van der Waals surface area contributed by atoms with Crippen molar-refractivity contribution < 1.29 is 4.43 Å². The highest BCUT2D eigenvalue weighted by atomic mass is 28.4. The lowest BCUT2D eigenvalue weighted by molar-refractivity contribution is 0.253. The van der Waals surface area contributed by atoms with Crippen LogP contribution in [0.3, 0.4) is 0 Å². The Kier molecular flexibility index (Phi) is 6.37. The Labute approximate surface area is 113 Å². The first-order chi connectivity index (χ1) is 8.65. The molecule has 0 saturated heterocycles. The Morgan fingerprint density at radius 1 is 1.06 bits per heavy atom. The summed E-state index contributed by atoms with van der Waals surface area (Å²) in [6.07, 6.45) is 4.56. The van der Waals surface area contributed by atoms with E-state index < -0.39 is 8.32 Å². The summed E-state index contributed by atoms with van der Waals surface area (Å²) in [5.41, 5.74) is 1.24. The van der Waals surface area contributed by atoms with Crippen LogP contribution in [-0.4, -0.2) is 14.4 Å². The summed E-state index contributed by atoms with van der Waals surface area (Å²) in [6, 6.07) is 14.0. The molecule has 0 unspecified atom stereocenters. The second-order valence-electron chi connectivity index (χ2n) is 4.84. The summed E-state index contributed by atoms with van der Waals surface area (Å²) in [5, 5.41) is 0. The van der Waals surface area contributed by atoms with Gasteiger partial charge in [-0.3, -0.25) is 0 Å². The normalized spacial score (nSPS) is 14.0. The molecule has 0 spiro atoms. The van der Waals surface area contributed by atoms with Gasteiger partial charge in [0, 0.05) is 0 Å². The van der Waals surface area contributed by atoms with Crippen LogP contribution in [0.5, 0.6) is 0 Å². The number of rotatable bonds is 7. The summed E-state index contributed by atoms with van der Waals surface area (Å²) in [5.74, 6) is 0.